The highest BCUT2D eigenvalue weighted by atomic mass is 35.5. The van der Waals surface area contributed by atoms with E-state index in [9.17, 15) is 9.18 Å². The first-order valence-corrected chi connectivity index (χ1v) is 4.58. The summed E-state index contributed by atoms with van der Waals surface area (Å²) >= 11 is 5.53. The fourth-order valence-corrected chi connectivity index (χ4v) is 1.62. The Morgan fingerprint density at radius 3 is 3.00 bits per heavy atom. The lowest BCUT2D eigenvalue weighted by molar-refractivity contribution is 0.0370. The largest absolute Gasteiger partial charge is 0.443 e. The Morgan fingerprint density at radius 1 is 1.60 bits per heavy atom. The Hall–Kier alpha value is -1.60. The van der Waals surface area contributed by atoms with Crippen LogP contribution in [0.3, 0.4) is 0 Å². The molecule has 0 amide bonds. The monoisotopic (exact) mass is 225 g/mol. The summed E-state index contributed by atoms with van der Waals surface area (Å²) in [6, 6.07) is 4.20. The molecule has 1 aliphatic heterocycles. The predicted molar refractivity (Wildman–Crippen MR) is 49.9 cm³/mol. The van der Waals surface area contributed by atoms with Gasteiger partial charge in [-0.2, -0.15) is 5.26 Å². The number of benzene rings is 1. The number of carbonyl (C=O) groups excluding carboxylic acids is 1. The van der Waals surface area contributed by atoms with E-state index in [0.29, 0.717) is 5.56 Å². The summed E-state index contributed by atoms with van der Waals surface area (Å²) in [5, 5.41) is 8.49. The summed E-state index contributed by atoms with van der Waals surface area (Å²) in [4.78, 5) is 11.4. The molecule has 0 aliphatic carbocycles. The zero-order chi connectivity index (χ0) is 11.0. The summed E-state index contributed by atoms with van der Waals surface area (Å²) in [5.41, 5.74) is 0.688. The van der Waals surface area contributed by atoms with Crippen LogP contribution in [0.15, 0.2) is 12.1 Å². The number of nitriles is 1. The number of carbonyl (C=O) groups is 1. The van der Waals surface area contributed by atoms with Crippen molar-refractivity contribution in [3.8, 4) is 6.07 Å². The van der Waals surface area contributed by atoms with E-state index in [1.807, 2.05) is 6.07 Å². The third-order valence-corrected chi connectivity index (χ3v) is 2.45. The lowest BCUT2D eigenvalue weighted by Crippen LogP contribution is -2.26. The van der Waals surface area contributed by atoms with Gasteiger partial charge in [0.1, 0.15) is 11.9 Å². The summed E-state index contributed by atoms with van der Waals surface area (Å²) < 4.78 is 17.9. The summed E-state index contributed by atoms with van der Waals surface area (Å²) in [5.74, 6) is -1.23. The second kappa shape index (κ2) is 3.52. The first kappa shape index (κ1) is 9.94. The van der Waals surface area contributed by atoms with Gasteiger partial charge in [0.15, 0.2) is 6.10 Å². The first-order valence-electron chi connectivity index (χ1n) is 4.20. The standard InChI is InChI=1S/C10H5ClFNO2/c11-8-3-7-5(2-9(8)12)1-6(4-13)15-10(7)14/h2-3,6H,1H2. The smallest absolute Gasteiger partial charge is 0.339 e. The number of nitrogens with zero attached hydrogens (tertiary/aromatic N) is 1. The van der Waals surface area contributed by atoms with Gasteiger partial charge in [0.2, 0.25) is 0 Å². The van der Waals surface area contributed by atoms with Crippen LogP contribution in [0.5, 0.6) is 0 Å². The topological polar surface area (TPSA) is 50.1 Å². The zero-order valence-electron chi connectivity index (χ0n) is 7.46. The highest BCUT2D eigenvalue weighted by molar-refractivity contribution is 6.31. The second-order valence-electron chi connectivity index (χ2n) is 3.15. The van der Waals surface area contributed by atoms with Crippen molar-refractivity contribution in [2.75, 3.05) is 0 Å². The van der Waals surface area contributed by atoms with Crippen LogP contribution < -0.4 is 0 Å². The fraction of sp³-hybridized carbons (Fsp3) is 0.200. The number of esters is 1. The number of ether oxygens (including phenoxy) is 1. The van der Waals surface area contributed by atoms with E-state index < -0.39 is 17.9 Å². The Bertz CT molecular complexity index is 481. The van der Waals surface area contributed by atoms with E-state index in [4.69, 9.17) is 21.6 Å². The summed E-state index contributed by atoms with van der Waals surface area (Å²) in [6.45, 7) is 0. The molecule has 5 heteroatoms. The fourth-order valence-electron chi connectivity index (χ4n) is 1.45. The molecule has 1 aromatic rings. The second-order valence-corrected chi connectivity index (χ2v) is 3.56. The van der Waals surface area contributed by atoms with Crippen LogP contribution in [-0.2, 0) is 11.2 Å². The molecule has 15 heavy (non-hydrogen) atoms. The number of halogens is 2. The van der Waals surface area contributed by atoms with E-state index in [1.54, 1.807) is 0 Å². The molecular weight excluding hydrogens is 221 g/mol. The van der Waals surface area contributed by atoms with Crippen LogP contribution in [0, 0.1) is 17.1 Å². The van der Waals surface area contributed by atoms with Gasteiger partial charge in [0.05, 0.1) is 10.6 Å². The van der Waals surface area contributed by atoms with E-state index >= 15 is 0 Å². The number of rotatable bonds is 0. The average molecular weight is 226 g/mol. The normalized spacial score (nSPS) is 19.0. The van der Waals surface area contributed by atoms with Crippen molar-refractivity contribution in [3.63, 3.8) is 0 Å². The quantitative estimate of drug-likeness (QED) is 0.635. The van der Waals surface area contributed by atoms with Crippen molar-refractivity contribution in [3.05, 3.63) is 34.1 Å². The molecule has 0 saturated heterocycles. The van der Waals surface area contributed by atoms with Crippen LogP contribution >= 0.6 is 11.6 Å². The molecule has 1 aromatic carbocycles. The molecule has 1 unspecified atom stereocenters. The molecule has 1 atom stereocenters. The SMILES string of the molecule is N#CC1Cc2cc(F)c(Cl)cc2C(=O)O1. The molecular formula is C10H5ClFNO2. The molecule has 0 aromatic heterocycles. The van der Waals surface area contributed by atoms with Crippen LogP contribution in [-0.4, -0.2) is 12.1 Å². The minimum atomic E-state index is -0.842. The molecule has 76 valence electrons. The Morgan fingerprint density at radius 2 is 2.33 bits per heavy atom. The highest BCUT2D eigenvalue weighted by Crippen LogP contribution is 2.26. The van der Waals surface area contributed by atoms with Gasteiger partial charge in [-0.05, 0) is 17.7 Å². The van der Waals surface area contributed by atoms with Crippen molar-refractivity contribution in [1.29, 1.82) is 5.26 Å². The maximum Gasteiger partial charge on any atom is 0.339 e. The van der Waals surface area contributed by atoms with Crippen molar-refractivity contribution >= 4 is 17.6 Å². The Labute approximate surface area is 90.0 Å². The molecule has 0 N–H and O–H groups in total. The van der Waals surface area contributed by atoms with E-state index in [2.05, 4.69) is 0 Å². The number of fused-ring (bicyclic) bond motifs is 1. The first-order chi connectivity index (χ1) is 7.11. The molecule has 1 heterocycles. The summed E-state index contributed by atoms with van der Waals surface area (Å²) in [7, 11) is 0. The van der Waals surface area contributed by atoms with Crippen LogP contribution in [0.25, 0.3) is 0 Å². The maximum absolute atomic E-state index is 13.1. The van der Waals surface area contributed by atoms with Gasteiger partial charge in [-0.25, -0.2) is 9.18 Å². The molecule has 0 radical (unpaired) electrons. The van der Waals surface area contributed by atoms with Gasteiger partial charge in [0.25, 0.3) is 0 Å². The highest BCUT2D eigenvalue weighted by Gasteiger charge is 2.27. The van der Waals surface area contributed by atoms with E-state index in [0.717, 1.165) is 0 Å². The average Bonchev–Trinajstić information content (AvgIpc) is 2.21. The van der Waals surface area contributed by atoms with Crippen molar-refractivity contribution in [2.45, 2.75) is 12.5 Å². The van der Waals surface area contributed by atoms with Gasteiger partial charge in [-0.3, -0.25) is 0 Å². The molecule has 0 fully saturated rings. The third-order valence-electron chi connectivity index (χ3n) is 2.16. The molecule has 0 spiro atoms. The zero-order valence-corrected chi connectivity index (χ0v) is 8.21. The minimum absolute atomic E-state index is 0.124. The van der Waals surface area contributed by atoms with Gasteiger partial charge < -0.3 is 4.74 Å². The van der Waals surface area contributed by atoms with Gasteiger partial charge >= 0.3 is 5.97 Å². The number of hydrogen-bond donors (Lipinski definition) is 0. The van der Waals surface area contributed by atoms with Gasteiger partial charge in [-0.15, -0.1) is 0 Å². The Balaban J connectivity index is 2.52. The summed E-state index contributed by atoms with van der Waals surface area (Å²) in [6.07, 6.45) is -0.642. The molecule has 0 bridgehead atoms. The molecule has 3 nitrogen and oxygen atoms in total. The van der Waals surface area contributed by atoms with E-state index in [-0.39, 0.29) is 17.0 Å². The number of cyclic esters (lactones) is 1. The van der Waals surface area contributed by atoms with Crippen LogP contribution in [0.4, 0.5) is 4.39 Å². The van der Waals surface area contributed by atoms with E-state index in [1.165, 1.54) is 12.1 Å². The number of hydrogen-bond acceptors (Lipinski definition) is 3. The molecule has 1 aliphatic rings. The lowest BCUT2D eigenvalue weighted by Gasteiger charge is -2.19. The van der Waals surface area contributed by atoms with Crippen molar-refractivity contribution in [1.82, 2.24) is 0 Å². The third kappa shape index (κ3) is 1.66. The van der Waals surface area contributed by atoms with Crippen molar-refractivity contribution in [2.24, 2.45) is 0 Å². The molecule has 2 rings (SSSR count). The van der Waals surface area contributed by atoms with Gasteiger partial charge in [0, 0.05) is 6.42 Å². The minimum Gasteiger partial charge on any atom is -0.443 e. The Kier molecular flexibility index (Phi) is 2.33. The van der Waals surface area contributed by atoms with Crippen LogP contribution in [0.2, 0.25) is 5.02 Å². The lowest BCUT2D eigenvalue weighted by atomic mass is 9.99. The molecule has 0 saturated carbocycles. The van der Waals surface area contributed by atoms with Gasteiger partial charge in [-0.1, -0.05) is 11.6 Å². The van der Waals surface area contributed by atoms with Crippen LogP contribution in [0.1, 0.15) is 15.9 Å². The maximum atomic E-state index is 13.1. The van der Waals surface area contributed by atoms with Crippen molar-refractivity contribution < 1.29 is 13.9 Å². The predicted octanol–water partition coefficient (Wildman–Crippen LogP) is 2.08.